The summed E-state index contributed by atoms with van der Waals surface area (Å²) in [5.74, 6) is 5.41. The van der Waals surface area contributed by atoms with Crippen molar-refractivity contribution in [3.8, 4) is 0 Å². The number of carbonyl (C=O) groups excluding carboxylic acids is 1. The van der Waals surface area contributed by atoms with Crippen LogP contribution in [-0.4, -0.2) is 49.9 Å². The van der Waals surface area contributed by atoms with Gasteiger partial charge >= 0.3 is 5.82 Å². The SMILES string of the molecule is CC1(C)C(=CC=CC=CC2=Nc3c(ccc[n+]3CCCS(=O)(=O)O)C2(C)C)N(CCCCCC(=O)NN)c2ccc(S(=O)(=O)O)cc21. The molecule has 1 amide bonds. The van der Waals surface area contributed by atoms with E-state index >= 15 is 0 Å². The van der Waals surface area contributed by atoms with E-state index in [0.717, 1.165) is 46.9 Å². The Morgan fingerprint density at radius 3 is 2.40 bits per heavy atom. The first-order valence-electron chi connectivity index (χ1n) is 15.5. The first kappa shape index (κ1) is 36.2. The quantitative estimate of drug-likeness (QED) is 0.0430. The third-order valence-corrected chi connectivity index (χ3v) is 10.4. The molecule has 4 rings (SSSR count). The molecule has 14 heteroatoms. The fourth-order valence-electron chi connectivity index (χ4n) is 6.11. The van der Waals surface area contributed by atoms with E-state index in [1.165, 1.54) is 12.1 Å². The number of nitrogens with two attached hydrogens (primary N) is 1. The average Bonchev–Trinajstić information content (AvgIpc) is 3.37. The number of aliphatic imine (C=N–C) groups is 1. The normalized spacial score (nSPS) is 17.8. The number of unbranched alkanes of at least 4 members (excludes halogenated alkanes) is 2. The molecule has 12 nitrogen and oxygen atoms in total. The summed E-state index contributed by atoms with van der Waals surface area (Å²) in [5, 5.41) is 0. The Morgan fingerprint density at radius 2 is 1.72 bits per heavy atom. The number of rotatable bonds is 14. The highest BCUT2D eigenvalue weighted by Crippen LogP contribution is 2.48. The van der Waals surface area contributed by atoms with Gasteiger partial charge in [0, 0.05) is 36.2 Å². The number of fused-ring (bicyclic) bond motifs is 2. The number of pyridine rings is 1. The smallest absolute Gasteiger partial charge is 0.327 e. The largest absolute Gasteiger partial charge is 0.344 e. The molecule has 0 unspecified atom stereocenters. The fraction of sp³-hybridized carbons (Fsp3) is 0.424. The first-order chi connectivity index (χ1) is 22.0. The van der Waals surface area contributed by atoms with Crippen molar-refractivity contribution in [3.05, 3.63) is 83.7 Å². The summed E-state index contributed by atoms with van der Waals surface area (Å²) in [6.07, 6.45) is 14.4. The van der Waals surface area contributed by atoms with Crippen LogP contribution in [-0.2, 0) is 42.4 Å². The summed E-state index contributed by atoms with van der Waals surface area (Å²) in [5.41, 5.74) is 5.67. The Bertz CT molecular complexity index is 1860. The highest BCUT2D eigenvalue weighted by molar-refractivity contribution is 7.86. The number of carbonyl (C=O) groups is 1. The molecule has 47 heavy (non-hydrogen) atoms. The first-order valence-corrected chi connectivity index (χ1v) is 18.5. The van der Waals surface area contributed by atoms with Crippen LogP contribution in [0.1, 0.15) is 70.9 Å². The molecule has 0 saturated heterocycles. The van der Waals surface area contributed by atoms with Crippen LogP contribution < -0.4 is 20.7 Å². The molecule has 0 radical (unpaired) electrons. The van der Waals surface area contributed by atoms with E-state index in [-0.39, 0.29) is 28.4 Å². The summed E-state index contributed by atoms with van der Waals surface area (Å²) in [4.78, 5) is 18.4. The lowest BCUT2D eigenvalue weighted by atomic mass is 9.82. The molecule has 0 atom stereocenters. The van der Waals surface area contributed by atoms with E-state index in [1.807, 2.05) is 67.1 Å². The number of hydrazine groups is 1. The van der Waals surface area contributed by atoms with Crippen LogP contribution in [0, 0.1) is 0 Å². The monoisotopic (exact) mass is 686 g/mol. The van der Waals surface area contributed by atoms with Gasteiger partial charge in [-0.2, -0.15) is 16.8 Å². The summed E-state index contributed by atoms with van der Waals surface area (Å²) < 4.78 is 66.9. The second-order valence-electron chi connectivity index (χ2n) is 12.8. The van der Waals surface area contributed by atoms with Gasteiger partial charge in [0.2, 0.25) is 5.91 Å². The molecular weight excluding hydrogens is 643 g/mol. The molecule has 2 aliphatic rings. The molecule has 2 aromatic rings. The number of nitrogens with one attached hydrogen (secondary N) is 1. The number of hydrogen-bond donors (Lipinski definition) is 4. The fourth-order valence-corrected chi connectivity index (χ4v) is 7.11. The summed E-state index contributed by atoms with van der Waals surface area (Å²) >= 11 is 0. The number of amides is 1. The molecule has 0 bridgehead atoms. The van der Waals surface area contributed by atoms with Gasteiger partial charge in [0.05, 0.1) is 34.4 Å². The lowest BCUT2D eigenvalue weighted by molar-refractivity contribution is -0.684. The highest BCUT2D eigenvalue weighted by atomic mass is 32.2. The number of hydrogen-bond acceptors (Lipinski definition) is 8. The molecule has 1 aromatic heterocycles. The summed E-state index contributed by atoms with van der Waals surface area (Å²) in [6, 6.07) is 8.57. The van der Waals surface area contributed by atoms with Gasteiger partial charge in [0.1, 0.15) is 0 Å². The number of aryl methyl sites for hydroxylation is 1. The van der Waals surface area contributed by atoms with Crippen molar-refractivity contribution in [2.24, 2.45) is 10.8 Å². The van der Waals surface area contributed by atoms with Gasteiger partial charge < -0.3 is 4.90 Å². The molecule has 0 fully saturated rings. The second-order valence-corrected chi connectivity index (χ2v) is 15.8. The van der Waals surface area contributed by atoms with E-state index in [9.17, 15) is 26.2 Å². The number of aromatic nitrogens is 1. The lowest BCUT2D eigenvalue weighted by Crippen LogP contribution is -2.35. The Kier molecular flexibility index (Phi) is 10.9. The maximum atomic E-state index is 11.9. The zero-order valence-corrected chi connectivity index (χ0v) is 28.8. The van der Waals surface area contributed by atoms with Crippen LogP contribution >= 0.6 is 0 Å². The van der Waals surface area contributed by atoms with Gasteiger partial charge in [-0.05, 0) is 79.7 Å². The van der Waals surface area contributed by atoms with E-state index in [2.05, 4.69) is 24.2 Å². The molecule has 0 aliphatic carbocycles. The molecule has 5 N–H and O–H groups in total. The molecule has 2 aliphatic heterocycles. The van der Waals surface area contributed by atoms with Crippen molar-refractivity contribution in [2.45, 2.75) is 82.1 Å². The van der Waals surface area contributed by atoms with Gasteiger partial charge in [-0.1, -0.05) is 38.5 Å². The van der Waals surface area contributed by atoms with Crippen LogP contribution in [0.2, 0.25) is 0 Å². The van der Waals surface area contributed by atoms with Crippen molar-refractivity contribution in [2.75, 3.05) is 17.2 Å². The summed E-state index contributed by atoms with van der Waals surface area (Å²) in [6.45, 7) is 9.23. The molecule has 1 aromatic carbocycles. The average molecular weight is 687 g/mol. The molecule has 0 saturated carbocycles. The third-order valence-electron chi connectivity index (χ3n) is 8.72. The van der Waals surface area contributed by atoms with Gasteiger partial charge in [0.15, 0.2) is 5.71 Å². The van der Waals surface area contributed by atoms with E-state index in [4.69, 9.17) is 15.4 Å². The van der Waals surface area contributed by atoms with Gasteiger partial charge in [-0.3, -0.25) is 19.3 Å². The van der Waals surface area contributed by atoms with E-state index in [0.29, 0.717) is 25.9 Å². The van der Waals surface area contributed by atoms with Crippen molar-refractivity contribution in [1.29, 1.82) is 0 Å². The van der Waals surface area contributed by atoms with Crippen LogP contribution in [0.25, 0.3) is 0 Å². The van der Waals surface area contributed by atoms with Gasteiger partial charge in [-0.25, -0.2) is 10.4 Å². The Labute approximate surface area is 277 Å². The Hall–Kier alpha value is -3.69. The minimum Gasteiger partial charge on any atom is -0.344 e. The minimum atomic E-state index is -4.38. The van der Waals surface area contributed by atoms with Crippen LogP contribution in [0.5, 0.6) is 0 Å². The zero-order chi connectivity index (χ0) is 34.6. The van der Waals surface area contributed by atoms with Gasteiger partial charge in [-0.15, -0.1) is 0 Å². The number of allylic oxidation sites excluding steroid dienone is 6. The Balaban J connectivity index is 1.55. The van der Waals surface area contributed by atoms with Gasteiger partial charge in [0.25, 0.3) is 20.2 Å². The summed E-state index contributed by atoms with van der Waals surface area (Å²) in [7, 11) is -8.41. The van der Waals surface area contributed by atoms with Crippen LogP contribution in [0.4, 0.5) is 11.5 Å². The van der Waals surface area contributed by atoms with Crippen LogP contribution in [0.15, 0.2) is 82.5 Å². The standard InChI is InChI=1S/C33H43N5O7S2/c1-32(2)25-13-11-19-37(20-12-22-46(40,41)42)31(25)35-28(32)14-7-5-8-15-29-33(3,4)26-23-24(47(43,44)45)17-18-27(26)38(29)21-10-6-9-16-30(39)36-34/h5,7-8,11,13-15,17-19,23H,6,9-10,12,16,20-22,34H2,1-4H3,(H2-,36,39,40,41,42,43,44,45)/p+1. The van der Waals surface area contributed by atoms with Crippen molar-refractivity contribution >= 4 is 43.4 Å². The van der Waals surface area contributed by atoms with Crippen LogP contribution in [0.3, 0.4) is 0 Å². The maximum Gasteiger partial charge on any atom is 0.327 e. The van der Waals surface area contributed by atoms with E-state index in [1.54, 1.807) is 6.07 Å². The number of nitrogens with zero attached hydrogens (tertiary/aromatic N) is 3. The minimum absolute atomic E-state index is 0.155. The number of anilines is 1. The predicted octanol–water partition coefficient (Wildman–Crippen LogP) is 4.21. The topological polar surface area (TPSA) is 183 Å². The predicted molar refractivity (Wildman–Crippen MR) is 182 cm³/mol. The third kappa shape index (κ3) is 8.43. The molecule has 0 spiro atoms. The van der Waals surface area contributed by atoms with Crippen molar-refractivity contribution in [3.63, 3.8) is 0 Å². The van der Waals surface area contributed by atoms with Crippen molar-refractivity contribution < 1.29 is 35.3 Å². The maximum absolute atomic E-state index is 11.9. The van der Waals surface area contributed by atoms with Crippen molar-refractivity contribution in [1.82, 2.24) is 5.43 Å². The second kappa shape index (κ2) is 14.2. The Morgan fingerprint density at radius 1 is 0.979 bits per heavy atom. The van der Waals surface area contributed by atoms with E-state index < -0.39 is 25.7 Å². The zero-order valence-electron chi connectivity index (χ0n) is 27.2. The highest BCUT2D eigenvalue weighted by Gasteiger charge is 2.42. The molecular formula is C33H44N5O7S2+. The lowest BCUT2D eigenvalue weighted by Gasteiger charge is -2.27. The molecule has 254 valence electrons. The molecule has 3 heterocycles. The number of benzene rings is 1.